The SMILES string of the molecule is CCC(CC)C(=O)OCOC(=O)c1cccc2c1OB(O)[C@@H](NC(=O)CCC(C)(F)F)C2. The van der Waals surface area contributed by atoms with Crippen molar-refractivity contribution in [1.29, 1.82) is 0 Å². The Labute approximate surface area is 185 Å². The minimum Gasteiger partial charge on any atom is -0.534 e. The summed E-state index contributed by atoms with van der Waals surface area (Å²) in [6, 6.07) is 4.65. The normalized spacial score (nSPS) is 15.6. The maximum absolute atomic E-state index is 12.9. The molecule has 1 aliphatic heterocycles. The molecule has 0 saturated heterocycles. The Morgan fingerprint density at radius 2 is 1.97 bits per heavy atom. The van der Waals surface area contributed by atoms with E-state index in [1.165, 1.54) is 6.07 Å². The van der Waals surface area contributed by atoms with E-state index in [0.717, 1.165) is 6.92 Å². The largest absolute Gasteiger partial charge is 0.547 e. The Balaban J connectivity index is 1.98. The monoisotopic (exact) mass is 455 g/mol. The topological polar surface area (TPSA) is 111 Å². The lowest BCUT2D eigenvalue weighted by molar-refractivity contribution is -0.157. The van der Waals surface area contributed by atoms with E-state index in [-0.39, 0.29) is 23.7 Å². The maximum Gasteiger partial charge on any atom is 0.547 e. The molecule has 1 atom stereocenters. The van der Waals surface area contributed by atoms with Crippen LogP contribution in [0.3, 0.4) is 0 Å². The Morgan fingerprint density at radius 3 is 2.59 bits per heavy atom. The van der Waals surface area contributed by atoms with Crippen LogP contribution in [0.25, 0.3) is 0 Å². The van der Waals surface area contributed by atoms with E-state index >= 15 is 0 Å². The van der Waals surface area contributed by atoms with Crippen LogP contribution in [0.5, 0.6) is 5.75 Å². The van der Waals surface area contributed by atoms with Crippen LogP contribution >= 0.6 is 0 Å². The Morgan fingerprint density at radius 1 is 1.28 bits per heavy atom. The molecule has 0 fully saturated rings. The van der Waals surface area contributed by atoms with Crippen LogP contribution in [0.2, 0.25) is 0 Å². The van der Waals surface area contributed by atoms with Gasteiger partial charge in [-0.25, -0.2) is 13.6 Å². The molecule has 1 heterocycles. The van der Waals surface area contributed by atoms with Gasteiger partial charge in [0.1, 0.15) is 11.3 Å². The van der Waals surface area contributed by atoms with E-state index in [1.807, 2.05) is 13.8 Å². The smallest absolute Gasteiger partial charge is 0.534 e. The summed E-state index contributed by atoms with van der Waals surface area (Å²) >= 11 is 0. The van der Waals surface area contributed by atoms with Gasteiger partial charge in [-0.15, -0.1) is 0 Å². The number of carbonyl (C=O) groups is 3. The van der Waals surface area contributed by atoms with E-state index in [9.17, 15) is 28.2 Å². The van der Waals surface area contributed by atoms with E-state index in [0.29, 0.717) is 18.4 Å². The zero-order valence-electron chi connectivity index (χ0n) is 18.4. The number of halogens is 2. The fourth-order valence-electron chi connectivity index (χ4n) is 3.28. The minimum absolute atomic E-state index is 0.0236. The summed E-state index contributed by atoms with van der Waals surface area (Å²) in [5.74, 6) is -5.93. The number of rotatable bonds is 10. The number of fused-ring (bicyclic) bond motifs is 1. The standard InChI is InChI=1S/C21H28BF2NO7/c1-4-13(5-2)19(27)30-12-31-20(28)15-8-6-7-14-11-16(22(29)32-18(14)15)25-17(26)9-10-21(3,23)24/h6-8,13,16,29H,4-5,9-12H2,1-3H3,(H,25,26)/t16-/m0/s1. The van der Waals surface area contributed by atoms with Gasteiger partial charge in [-0.1, -0.05) is 26.0 Å². The molecule has 1 aromatic rings. The van der Waals surface area contributed by atoms with Gasteiger partial charge in [-0.05, 0) is 37.8 Å². The number of carbonyl (C=O) groups excluding carboxylic acids is 3. The van der Waals surface area contributed by atoms with Crippen molar-refractivity contribution in [2.45, 2.75) is 64.7 Å². The van der Waals surface area contributed by atoms with Gasteiger partial charge in [0.2, 0.25) is 18.6 Å². The molecule has 0 radical (unpaired) electrons. The van der Waals surface area contributed by atoms with Gasteiger partial charge in [0, 0.05) is 12.8 Å². The van der Waals surface area contributed by atoms with Crippen LogP contribution < -0.4 is 9.97 Å². The summed E-state index contributed by atoms with van der Waals surface area (Å²) in [5, 5.41) is 12.7. The second kappa shape index (κ2) is 11.3. The molecule has 1 aliphatic rings. The number of amides is 1. The predicted octanol–water partition coefficient (Wildman–Crippen LogP) is 2.66. The van der Waals surface area contributed by atoms with Crippen LogP contribution in [0.15, 0.2) is 18.2 Å². The molecule has 1 aromatic carbocycles. The van der Waals surface area contributed by atoms with Crippen molar-refractivity contribution < 1.29 is 42.3 Å². The Bertz CT molecular complexity index is 827. The van der Waals surface area contributed by atoms with E-state index < -0.39 is 56.5 Å². The van der Waals surface area contributed by atoms with Crippen molar-refractivity contribution >= 4 is 25.0 Å². The third-order valence-corrected chi connectivity index (χ3v) is 5.19. The van der Waals surface area contributed by atoms with Crippen molar-refractivity contribution in [3.63, 3.8) is 0 Å². The van der Waals surface area contributed by atoms with Crippen LogP contribution in [-0.2, 0) is 25.5 Å². The molecule has 0 saturated carbocycles. The van der Waals surface area contributed by atoms with Gasteiger partial charge in [0.25, 0.3) is 0 Å². The molecule has 2 N–H and O–H groups in total. The zero-order valence-corrected chi connectivity index (χ0v) is 18.4. The highest BCUT2D eigenvalue weighted by molar-refractivity contribution is 6.47. The molecule has 0 bridgehead atoms. The average molecular weight is 455 g/mol. The van der Waals surface area contributed by atoms with Gasteiger partial charge < -0.3 is 24.5 Å². The van der Waals surface area contributed by atoms with Gasteiger partial charge >= 0.3 is 19.1 Å². The summed E-state index contributed by atoms with van der Waals surface area (Å²) in [7, 11) is -1.49. The van der Waals surface area contributed by atoms with E-state index in [2.05, 4.69) is 5.32 Å². The third kappa shape index (κ3) is 7.18. The molecule has 0 unspecified atom stereocenters. The number of ether oxygens (including phenoxy) is 2. The van der Waals surface area contributed by atoms with E-state index in [1.54, 1.807) is 12.1 Å². The van der Waals surface area contributed by atoms with Crippen LogP contribution in [0, 0.1) is 5.92 Å². The van der Waals surface area contributed by atoms with E-state index in [4.69, 9.17) is 14.1 Å². The van der Waals surface area contributed by atoms with Crippen molar-refractivity contribution in [2.24, 2.45) is 5.92 Å². The molecular formula is C21H28BF2NO7. The van der Waals surface area contributed by atoms with Gasteiger partial charge in [-0.3, -0.25) is 9.59 Å². The molecule has 32 heavy (non-hydrogen) atoms. The third-order valence-electron chi connectivity index (χ3n) is 5.19. The zero-order chi connectivity index (χ0) is 23.9. The lowest BCUT2D eigenvalue weighted by Gasteiger charge is -2.29. The Hall–Kier alpha value is -2.69. The lowest BCUT2D eigenvalue weighted by atomic mass is 9.72. The quantitative estimate of drug-likeness (QED) is 0.317. The molecule has 176 valence electrons. The highest BCUT2D eigenvalue weighted by Crippen LogP contribution is 2.31. The maximum atomic E-state index is 12.9. The number of hydrogen-bond acceptors (Lipinski definition) is 7. The number of alkyl halides is 2. The molecule has 1 amide bonds. The number of benzene rings is 1. The Kier molecular flexibility index (Phi) is 9.00. The minimum atomic E-state index is -2.97. The second-order valence-corrected chi connectivity index (χ2v) is 7.78. The highest BCUT2D eigenvalue weighted by Gasteiger charge is 2.38. The first-order valence-corrected chi connectivity index (χ1v) is 10.5. The van der Waals surface area contributed by atoms with Crippen molar-refractivity contribution in [3.8, 4) is 5.75 Å². The fraction of sp³-hybridized carbons (Fsp3) is 0.571. The highest BCUT2D eigenvalue weighted by atomic mass is 19.3. The average Bonchev–Trinajstić information content (AvgIpc) is 2.72. The predicted molar refractivity (Wildman–Crippen MR) is 111 cm³/mol. The van der Waals surface area contributed by atoms with Gasteiger partial charge in [0.15, 0.2) is 0 Å². The van der Waals surface area contributed by atoms with Crippen molar-refractivity contribution in [3.05, 3.63) is 29.3 Å². The molecular weight excluding hydrogens is 427 g/mol. The fourth-order valence-corrected chi connectivity index (χ4v) is 3.28. The summed E-state index contributed by atoms with van der Waals surface area (Å²) in [6.07, 6.45) is 0.327. The molecule has 8 nitrogen and oxygen atoms in total. The first-order valence-electron chi connectivity index (χ1n) is 10.5. The van der Waals surface area contributed by atoms with Crippen molar-refractivity contribution in [1.82, 2.24) is 5.32 Å². The summed E-state index contributed by atoms with van der Waals surface area (Å²) in [4.78, 5) is 36.2. The van der Waals surface area contributed by atoms with Crippen LogP contribution in [0.4, 0.5) is 8.78 Å². The van der Waals surface area contributed by atoms with Crippen LogP contribution in [0.1, 0.15) is 62.4 Å². The van der Waals surface area contributed by atoms with Crippen molar-refractivity contribution in [2.75, 3.05) is 6.79 Å². The molecule has 0 aromatic heterocycles. The van der Waals surface area contributed by atoms with Crippen LogP contribution in [-0.4, -0.2) is 48.6 Å². The number of esters is 2. The molecule has 0 aliphatic carbocycles. The van der Waals surface area contributed by atoms with Gasteiger partial charge in [-0.2, -0.15) is 0 Å². The van der Waals surface area contributed by atoms with Gasteiger partial charge in [0.05, 0.1) is 11.9 Å². The molecule has 0 spiro atoms. The number of hydrogen-bond donors (Lipinski definition) is 2. The number of nitrogens with one attached hydrogen (secondary N) is 1. The summed E-state index contributed by atoms with van der Waals surface area (Å²) in [6.45, 7) is 3.88. The number of para-hydroxylation sites is 1. The first kappa shape index (κ1) is 25.6. The molecule has 2 rings (SSSR count). The molecule has 11 heteroatoms. The summed E-state index contributed by atoms with van der Waals surface area (Å²) in [5.41, 5.74) is 0.542. The second-order valence-electron chi connectivity index (χ2n) is 7.78. The first-order chi connectivity index (χ1) is 15.1. The summed E-state index contributed by atoms with van der Waals surface area (Å²) < 4.78 is 41.3. The lowest BCUT2D eigenvalue weighted by Crippen LogP contribution is -2.53.